The van der Waals surface area contributed by atoms with Crippen molar-refractivity contribution in [3.05, 3.63) is 97.2 Å². The molecule has 0 fully saturated rings. The third kappa shape index (κ3) is 39.6. The number of amides is 1. The molecule has 6 nitrogen and oxygen atoms in total. The molecular weight excluding hydrogens is 719 g/mol. The molecule has 3 unspecified atom stereocenters. The molecule has 0 spiro atoms. The van der Waals surface area contributed by atoms with Crippen LogP contribution in [0.25, 0.3) is 0 Å². The van der Waals surface area contributed by atoms with Gasteiger partial charge in [0.15, 0.2) is 0 Å². The third-order valence-corrected chi connectivity index (χ3v) is 10.0. The van der Waals surface area contributed by atoms with E-state index in [2.05, 4.69) is 80.8 Å². The van der Waals surface area contributed by atoms with Crippen LogP contribution in [0.5, 0.6) is 0 Å². The van der Waals surface area contributed by atoms with Crippen LogP contribution < -0.4 is 5.32 Å². The molecule has 0 saturated heterocycles. The van der Waals surface area contributed by atoms with Crippen LogP contribution in [0.2, 0.25) is 0 Å². The lowest BCUT2D eigenvalue weighted by molar-refractivity contribution is -0.151. The van der Waals surface area contributed by atoms with E-state index in [4.69, 9.17) is 4.74 Å². The van der Waals surface area contributed by atoms with Crippen molar-refractivity contribution in [2.24, 2.45) is 0 Å². The minimum absolute atomic E-state index is 0.0281. The van der Waals surface area contributed by atoms with Crippen LogP contribution in [0.3, 0.4) is 0 Å². The van der Waals surface area contributed by atoms with E-state index in [0.29, 0.717) is 19.3 Å². The van der Waals surface area contributed by atoms with Crippen LogP contribution in [0.15, 0.2) is 97.2 Å². The summed E-state index contributed by atoms with van der Waals surface area (Å²) >= 11 is 0. The Balaban J connectivity index is 4.80. The van der Waals surface area contributed by atoms with Crippen LogP contribution in [0.4, 0.5) is 0 Å². The number of unbranched alkanes of at least 4 members (excludes halogenated alkanes) is 16. The van der Waals surface area contributed by atoms with Gasteiger partial charge in [-0.25, -0.2) is 0 Å². The second kappa shape index (κ2) is 44.9. The zero-order valence-corrected chi connectivity index (χ0v) is 37.4. The van der Waals surface area contributed by atoms with E-state index in [1.165, 1.54) is 64.2 Å². The molecule has 0 saturated carbocycles. The Morgan fingerprint density at radius 1 is 0.534 bits per heavy atom. The maximum atomic E-state index is 13.1. The molecular formula is C52H87NO5. The SMILES string of the molecule is CC/C=C/C=C/C=C\C=C/C=C/CCCCCC(=O)OC(CCCC/C=C\C/C=C\C/C=C\CCCCC)CC(=O)NC(CO)C(O)CCCCCCCCCCC. The molecule has 3 atom stereocenters. The first-order chi connectivity index (χ1) is 28.5. The quantitative estimate of drug-likeness (QED) is 0.0248. The van der Waals surface area contributed by atoms with Gasteiger partial charge in [-0.2, -0.15) is 0 Å². The minimum Gasteiger partial charge on any atom is -0.462 e. The van der Waals surface area contributed by atoms with Gasteiger partial charge in [0.1, 0.15) is 6.10 Å². The maximum Gasteiger partial charge on any atom is 0.306 e. The van der Waals surface area contributed by atoms with Crippen molar-refractivity contribution < 1.29 is 24.5 Å². The Bertz CT molecular complexity index is 1180. The van der Waals surface area contributed by atoms with Gasteiger partial charge in [0, 0.05) is 6.42 Å². The Kier molecular flexibility index (Phi) is 42.4. The van der Waals surface area contributed by atoms with Gasteiger partial charge in [-0.3, -0.25) is 9.59 Å². The Labute approximate surface area is 356 Å². The average Bonchev–Trinajstić information content (AvgIpc) is 3.22. The number of ether oxygens (including phenoxy) is 1. The van der Waals surface area contributed by atoms with Gasteiger partial charge in [0.05, 0.1) is 25.2 Å². The summed E-state index contributed by atoms with van der Waals surface area (Å²) in [6.45, 7) is 6.25. The average molecular weight is 806 g/mol. The lowest BCUT2D eigenvalue weighted by Gasteiger charge is -2.24. The molecule has 0 rings (SSSR count). The molecule has 0 aromatic carbocycles. The highest BCUT2D eigenvalue weighted by molar-refractivity contribution is 5.77. The second-order valence-corrected chi connectivity index (χ2v) is 15.5. The third-order valence-electron chi connectivity index (χ3n) is 10.0. The zero-order valence-electron chi connectivity index (χ0n) is 37.4. The van der Waals surface area contributed by atoms with Crippen molar-refractivity contribution in [3.8, 4) is 0 Å². The van der Waals surface area contributed by atoms with Crippen molar-refractivity contribution in [3.63, 3.8) is 0 Å². The summed E-state index contributed by atoms with van der Waals surface area (Å²) in [6.07, 6.45) is 58.9. The van der Waals surface area contributed by atoms with E-state index >= 15 is 0 Å². The van der Waals surface area contributed by atoms with E-state index < -0.39 is 18.2 Å². The van der Waals surface area contributed by atoms with Crippen molar-refractivity contribution in [1.29, 1.82) is 0 Å². The summed E-state index contributed by atoms with van der Waals surface area (Å²) in [6, 6.07) is -0.727. The van der Waals surface area contributed by atoms with Gasteiger partial charge < -0.3 is 20.3 Å². The number of carbonyl (C=O) groups is 2. The van der Waals surface area contributed by atoms with E-state index in [-0.39, 0.29) is 24.9 Å². The van der Waals surface area contributed by atoms with E-state index in [9.17, 15) is 19.8 Å². The fourth-order valence-corrected chi connectivity index (χ4v) is 6.46. The topological polar surface area (TPSA) is 95.9 Å². The molecule has 3 N–H and O–H groups in total. The molecule has 0 aliphatic carbocycles. The van der Waals surface area contributed by atoms with Crippen LogP contribution in [0.1, 0.15) is 194 Å². The number of hydrogen-bond acceptors (Lipinski definition) is 5. The first-order valence-corrected chi connectivity index (χ1v) is 23.5. The second-order valence-electron chi connectivity index (χ2n) is 15.5. The fourth-order valence-electron chi connectivity index (χ4n) is 6.46. The minimum atomic E-state index is -0.809. The van der Waals surface area contributed by atoms with E-state index in [1.807, 2.05) is 42.5 Å². The van der Waals surface area contributed by atoms with E-state index in [0.717, 1.165) is 83.5 Å². The Morgan fingerprint density at radius 3 is 1.60 bits per heavy atom. The Hall–Kier alpha value is -3.22. The maximum absolute atomic E-state index is 13.1. The number of allylic oxidation sites excluding steroid dienone is 16. The predicted molar refractivity (Wildman–Crippen MR) is 250 cm³/mol. The van der Waals surface area contributed by atoms with Crippen LogP contribution in [-0.2, 0) is 14.3 Å². The fraction of sp³-hybridized carbons (Fsp3) is 0.654. The first kappa shape index (κ1) is 54.8. The number of carbonyl (C=O) groups excluding carboxylic acids is 2. The van der Waals surface area contributed by atoms with E-state index in [1.54, 1.807) is 0 Å². The summed E-state index contributed by atoms with van der Waals surface area (Å²) in [4.78, 5) is 26.0. The molecule has 0 radical (unpaired) electrons. The van der Waals surface area contributed by atoms with Gasteiger partial charge >= 0.3 is 5.97 Å². The van der Waals surface area contributed by atoms with Gasteiger partial charge in [0.25, 0.3) is 0 Å². The molecule has 1 amide bonds. The highest BCUT2D eigenvalue weighted by Crippen LogP contribution is 2.16. The van der Waals surface area contributed by atoms with Crippen molar-refractivity contribution >= 4 is 11.9 Å². The molecule has 58 heavy (non-hydrogen) atoms. The molecule has 330 valence electrons. The van der Waals surface area contributed by atoms with Crippen molar-refractivity contribution in [2.45, 2.75) is 212 Å². The zero-order chi connectivity index (χ0) is 42.4. The van der Waals surface area contributed by atoms with Gasteiger partial charge in [-0.05, 0) is 83.5 Å². The molecule has 6 heteroatoms. The highest BCUT2D eigenvalue weighted by atomic mass is 16.5. The Morgan fingerprint density at radius 2 is 1.00 bits per heavy atom. The lowest BCUT2D eigenvalue weighted by atomic mass is 10.0. The van der Waals surface area contributed by atoms with Crippen LogP contribution in [0, 0.1) is 0 Å². The number of esters is 1. The molecule has 0 heterocycles. The number of aliphatic hydroxyl groups is 2. The van der Waals surface area contributed by atoms with Gasteiger partial charge in [-0.1, -0.05) is 195 Å². The van der Waals surface area contributed by atoms with Crippen LogP contribution in [-0.4, -0.2) is 46.9 Å². The molecule has 0 aromatic rings. The molecule has 0 aliphatic rings. The molecule has 0 bridgehead atoms. The van der Waals surface area contributed by atoms with Gasteiger partial charge in [-0.15, -0.1) is 0 Å². The normalized spacial score (nSPS) is 14.2. The predicted octanol–water partition coefficient (Wildman–Crippen LogP) is 13.8. The lowest BCUT2D eigenvalue weighted by Crippen LogP contribution is -2.46. The summed E-state index contributed by atoms with van der Waals surface area (Å²) in [7, 11) is 0. The summed E-state index contributed by atoms with van der Waals surface area (Å²) in [5.74, 6) is -0.573. The number of hydrogen-bond donors (Lipinski definition) is 3. The number of aliphatic hydroxyl groups excluding tert-OH is 2. The molecule has 0 aromatic heterocycles. The smallest absolute Gasteiger partial charge is 0.306 e. The summed E-state index contributed by atoms with van der Waals surface area (Å²) < 4.78 is 5.87. The number of nitrogens with one attached hydrogen (secondary N) is 1. The number of rotatable bonds is 40. The standard InChI is InChI=1S/C52H87NO5/c1-4-7-10-13-16-19-21-23-25-27-29-32-34-37-40-43-48(46-51(56)53-49(47-54)50(55)44-41-38-35-31-18-15-12-9-6-3)58-52(57)45-42-39-36-33-30-28-26-24-22-20-17-14-11-8-5-2/h8,11,14,16-17,19-20,22-26,28-30,32,48-50,54-55H,4-7,9-10,12-13,15,18,21,27,31,33-47H2,1-3H3,(H,53,56)/b11-8+,17-14+,19-16-,22-20-,25-23-,26-24-,30-28+,32-29-. The highest BCUT2D eigenvalue weighted by Gasteiger charge is 2.24. The monoisotopic (exact) mass is 806 g/mol. The van der Waals surface area contributed by atoms with Crippen LogP contribution >= 0.6 is 0 Å². The van der Waals surface area contributed by atoms with Gasteiger partial charge in [0.2, 0.25) is 5.91 Å². The van der Waals surface area contributed by atoms with Crippen molar-refractivity contribution in [2.75, 3.05) is 6.61 Å². The summed E-state index contributed by atoms with van der Waals surface area (Å²) in [5.41, 5.74) is 0. The van der Waals surface area contributed by atoms with Crippen molar-refractivity contribution in [1.82, 2.24) is 5.32 Å². The first-order valence-electron chi connectivity index (χ1n) is 23.5. The molecule has 0 aliphatic heterocycles. The largest absolute Gasteiger partial charge is 0.462 e. The summed E-state index contributed by atoms with van der Waals surface area (Å²) in [5, 5.41) is 23.6.